The van der Waals surface area contributed by atoms with Gasteiger partial charge in [-0.2, -0.15) is 0 Å². The van der Waals surface area contributed by atoms with Crippen molar-refractivity contribution in [1.29, 1.82) is 0 Å². The Bertz CT molecular complexity index is 4770. The number of phenolic OH excluding ortho intramolecular Hbond substituents is 1. The molecule has 14 heteroatoms. The number of amides is 1. The van der Waals surface area contributed by atoms with Crippen LogP contribution in [-0.4, -0.2) is 52.0 Å². The van der Waals surface area contributed by atoms with Crippen LogP contribution in [0.5, 0.6) is 5.75 Å². The van der Waals surface area contributed by atoms with Gasteiger partial charge in [-0.05, 0) is 267 Å². The summed E-state index contributed by atoms with van der Waals surface area (Å²) in [5, 5.41) is 14.2. The lowest BCUT2D eigenvalue weighted by Gasteiger charge is -2.32. The molecule has 129 heavy (non-hydrogen) atoms. The van der Waals surface area contributed by atoms with Gasteiger partial charge in [0.25, 0.3) is 0 Å². The summed E-state index contributed by atoms with van der Waals surface area (Å²) < 4.78 is 82.7. The molecule has 1 saturated heterocycles. The van der Waals surface area contributed by atoms with E-state index in [4.69, 9.17) is 27.9 Å². The van der Waals surface area contributed by atoms with E-state index in [9.17, 15) is 35.9 Å². The Labute approximate surface area is 792 Å². The number of nitrogens with zero attached hydrogens (tertiary/aromatic N) is 1. The zero-order valence-corrected chi connectivity index (χ0v) is 88.8. The molecule has 0 unspecified atom stereocenters. The van der Waals surface area contributed by atoms with Crippen molar-refractivity contribution in [1.82, 2.24) is 0 Å². The first-order chi connectivity index (χ1) is 59.8. The molecule has 0 atom stereocenters. The van der Waals surface area contributed by atoms with Gasteiger partial charge in [0.05, 0.1) is 18.1 Å². The first kappa shape index (κ1) is 117. The fourth-order valence-electron chi connectivity index (χ4n) is 14.3. The lowest BCUT2D eigenvalue weighted by atomic mass is 9.94. The van der Waals surface area contributed by atoms with E-state index < -0.39 is 9.84 Å². The Kier molecular flexibility index (Phi) is 51.2. The standard InChI is InChI=1S/C16H25NO.C14H21NO.C13H20O2S.C12H16ClF.C12H17Cl.C12H16F2.C12H17F.C12H18O.C12H18/c1-12(2)14-5-6-15(13(3)4)16(11-14)17-7-9-18-10-8-17;1-9(2)12-6-7-13(10(3)4)14(8-12)15-11(5)16;1-9(2)11-6-7-12(10(3)4)13(8-11)16(5,14)15;1-7(2)9-6-12(14)10(8(3)4)5-11(9)13;1-8(2)10-5-6-11(9(3)4)12(13)7-10;1-7(2)9-5-12(14)10(8(3)4)6-11(9)13;1-8(2)10-5-6-12(13)11(7-10)9(3)4;1-8(2)10-5-6-11(9(3)4)12(13)7-10;1-9(2)11-6-5-7-12(8-11)10(3)4/h5-6,11-13H,7-10H2,1-4H3;6-10H,1-5H3,(H,15,16);6-10H,1-5H3;5-8H,1-4H3;5-9H,1-4H3;5-8H,1-4H3;5-9H,1-4H3;5-9,13H,1-4H3;5-10H,1-4H3. The van der Waals surface area contributed by atoms with E-state index in [1.165, 1.54) is 79.7 Å². The fourth-order valence-corrected chi connectivity index (χ4v) is 16.2. The van der Waals surface area contributed by atoms with E-state index in [1.54, 1.807) is 25.1 Å². The smallest absolute Gasteiger partial charge is 0.221 e. The number of nitrogens with one attached hydrogen (secondary N) is 1. The lowest BCUT2D eigenvalue weighted by molar-refractivity contribution is -0.114. The van der Waals surface area contributed by atoms with Crippen molar-refractivity contribution < 1.29 is 40.6 Å². The Balaban J connectivity index is 0.000000493. The maximum Gasteiger partial charge on any atom is 0.221 e. The van der Waals surface area contributed by atoms with Gasteiger partial charge in [0.1, 0.15) is 29.0 Å². The quantitative estimate of drug-likeness (QED) is 0.0696. The number of hydrogen-bond acceptors (Lipinski definition) is 6. The largest absolute Gasteiger partial charge is 0.508 e. The van der Waals surface area contributed by atoms with Gasteiger partial charge in [-0.25, -0.2) is 26.0 Å². The highest BCUT2D eigenvalue weighted by Crippen LogP contribution is 2.37. The van der Waals surface area contributed by atoms with Crippen LogP contribution in [-0.2, 0) is 19.4 Å². The van der Waals surface area contributed by atoms with Crippen molar-refractivity contribution in [3.63, 3.8) is 0 Å². The molecule has 1 aliphatic heterocycles. The number of aromatic hydroxyl groups is 1. The van der Waals surface area contributed by atoms with Gasteiger partial charge in [0, 0.05) is 47.7 Å². The molecule has 0 saturated carbocycles. The third-order valence-electron chi connectivity index (χ3n) is 23.0. The molecule has 0 radical (unpaired) electrons. The Morgan fingerprint density at radius 2 is 0.612 bits per heavy atom. The lowest BCUT2D eigenvalue weighted by Crippen LogP contribution is -2.37. The Morgan fingerprint density at radius 1 is 0.318 bits per heavy atom. The minimum atomic E-state index is -3.13. The summed E-state index contributed by atoms with van der Waals surface area (Å²) in [5.41, 5.74) is 21.9. The molecular formula is C115H168Cl2F4N2O5S. The van der Waals surface area contributed by atoms with Crippen molar-refractivity contribution in [3.05, 3.63) is 291 Å². The third kappa shape index (κ3) is 39.5. The van der Waals surface area contributed by atoms with Crippen molar-refractivity contribution in [2.24, 2.45) is 0 Å². The van der Waals surface area contributed by atoms with E-state index in [0.29, 0.717) is 103 Å². The Morgan fingerprint density at radius 3 is 0.977 bits per heavy atom. The van der Waals surface area contributed by atoms with Gasteiger partial charge in [-0.3, -0.25) is 4.79 Å². The summed E-state index contributed by atoms with van der Waals surface area (Å²) in [6.07, 6.45) is 1.28. The number of sulfone groups is 1. The van der Waals surface area contributed by atoms with Gasteiger partial charge >= 0.3 is 0 Å². The minimum absolute atomic E-state index is 0.0113. The molecule has 716 valence electrons. The number of halogens is 6. The number of hydrogen-bond donors (Lipinski definition) is 2. The molecule has 0 spiro atoms. The minimum Gasteiger partial charge on any atom is -0.508 e. The molecule has 1 aliphatic rings. The average molecular weight is 1840 g/mol. The van der Waals surface area contributed by atoms with Crippen LogP contribution in [0, 0.1) is 23.3 Å². The molecule has 7 nitrogen and oxygen atoms in total. The SMILES string of the molecule is CC(=O)Nc1cc(C(C)C)ccc1C(C)C.CC(C)c1cc(Cl)c(C(C)C)cc1F.CC(C)c1cc(F)c(C(C)C)cc1F.CC(C)c1ccc(C(C)C)c(Cl)c1.CC(C)c1ccc(C(C)C)c(N2CCOCC2)c1.CC(C)c1ccc(C(C)C)c(O)c1.CC(C)c1ccc(C(C)C)c(S(C)(=O)=O)c1.CC(C)c1ccc(F)c(C(C)C)c1.CC(C)c1cccc(C(C)C)c1. The summed E-state index contributed by atoms with van der Waals surface area (Å²) in [7, 11) is -3.13. The predicted octanol–water partition coefficient (Wildman–Crippen LogP) is 36.2. The van der Waals surface area contributed by atoms with Crippen molar-refractivity contribution in [3.8, 4) is 5.75 Å². The van der Waals surface area contributed by atoms with Crippen LogP contribution in [0.25, 0.3) is 0 Å². The first-order valence-electron chi connectivity index (χ1n) is 47.5. The number of morpholine rings is 1. The number of phenols is 1. The highest BCUT2D eigenvalue weighted by atomic mass is 35.5. The van der Waals surface area contributed by atoms with Gasteiger partial charge in [-0.1, -0.05) is 370 Å². The van der Waals surface area contributed by atoms with Crippen LogP contribution < -0.4 is 10.2 Å². The molecule has 10 rings (SSSR count). The highest BCUT2D eigenvalue weighted by Gasteiger charge is 2.22. The van der Waals surface area contributed by atoms with Crippen LogP contribution in [0.15, 0.2) is 163 Å². The monoisotopic (exact) mass is 1840 g/mol. The van der Waals surface area contributed by atoms with Gasteiger partial charge in [-0.15, -0.1) is 0 Å². The fraction of sp³-hybridized carbons (Fsp3) is 0.522. The maximum absolute atomic E-state index is 13.6. The maximum atomic E-state index is 13.6. The number of rotatable bonds is 21. The van der Waals surface area contributed by atoms with Gasteiger partial charge in [0.15, 0.2) is 9.84 Å². The topological polar surface area (TPSA) is 95.9 Å². The normalized spacial score (nSPS) is 12.2. The van der Waals surface area contributed by atoms with E-state index >= 15 is 0 Å². The van der Waals surface area contributed by atoms with Crippen LogP contribution in [0.2, 0.25) is 10.0 Å². The number of carbonyl (C=O) groups excluding carboxylic acids is 1. The van der Waals surface area contributed by atoms with Gasteiger partial charge in [0.2, 0.25) is 5.91 Å². The van der Waals surface area contributed by atoms with E-state index in [1.807, 2.05) is 126 Å². The molecule has 0 bridgehead atoms. The van der Waals surface area contributed by atoms with Crippen LogP contribution in [0.4, 0.5) is 28.9 Å². The second kappa shape index (κ2) is 56.3. The third-order valence-corrected chi connectivity index (χ3v) is 24.8. The number of carbonyl (C=O) groups is 1. The molecular weight excluding hydrogens is 1670 g/mol. The van der Waals surface area contributed by atoms with Gasteiger partial charge < -0.3 is 20.1 Å². The summed E-state index contributed by atoms with van der Waals surface area (Å²) in [4.78, 5) is 14.1. The molecule has 9 aromatic carbocycles. The van der Waals surface area contributed by atoms with E-state index in [0.717, 1.165) is 64.8 Å². The molecule has 1 amide bonds. The number of anilines is 2. The summed E-state index contributed by atoms with van der Waals surface area (Å²) in [6, 6.07) is 51.7. The zero-order valence-electron chi connectivity index (χ0n) is 86.4. The van der Waals surface area contributed by atoms with Crippen LogP contribution >= 0.6 is 23.2 Å². The average Bonchev–Trinajstić information content (AvgIpc) is 0.805. The summed E-state index contributed by atoms with van der Waals surface area (Å²) >= 11 is 12.2. The molecule has 0 aromatic heterocycles. The van der Waals surface area contributed by atoms with Crippen molar-refractivity contribution in [2.75, 3.05) is 42.8 Å². The van der Waals surface area contributed by atoms with Crippen molar-refractivity contribution >= 4 is 50.3 Å². The molecule has 1 heterocycles. The molecule has 0 aliphatic carbocycles. The van der Waals surface area contributed by atoms with E-state index in [2.05, 4.69) is 261 Å². The number of benzene rings is 9. The second-order valence-corrected chi connectivity index (χ2v) is 42.9. The molecule has 1 fully saturated rings. The highest BCUT2D eigenvalue weighted by molar-refractivity contribution is 7.90. The summed E-state index contributed by atoms with van der Waals surface area (Å²) in [5.74, 6) is 6.65. The molecule has 9 aromatic rings. The van der Waals surface area contributed by atoms with Crippen LogP contribution in [0.3, 0.4) is 0 Å². The predicted molar refractivity (Wildman–Crippen MR) is 554 cm³/mol. The first-order valence-corrected chi connectivity index (χ1v) is 50.1. The summed E-state index contributed by atoms with van der Waals surface area (Å²) in [6.45, 7) is 80.8. The molecule has 2 N–H and O–H groups in total. The zero-order chi connectivity index (χ0) is 98.8. The van der Waals surface area contributed by atoms with Crippen molar-refractivity contribution in [2.45, 2.75) is 368 Å². The van der Waals surface area contributed by atoms with Crippen LogP contribution in [0.1, 0.15) is 463 Å². The number of ether oxygens (including phenoxy) is 1. The second-order valence-electron chi connectivity index (χ2n) is 40.1. The van der Waals surface area contributed by atoms with E-state index in [-0.39, 0.29) is 64.7 Å². The Hall–Kier alpha value is -7.74.